The van der Waals surface area contributed by atoms with Gasteiger partial charge in [-0.1, -0.05) is 47.4 Å². The standard InChI is InChI=1S/C21H21FN4O3S3/c22-17-8-6-15(7-9-17)14-30-21-25-24-20(31-21)23-13-19(27)16-4-3-5-18(12-16)32(28,29)26-10-1-2-11-26/h3-9,12H,1-2,10-11,13-14H2,(H,23,24). The van der Waals surface area contributed by atoms with Crippen molar-refractivity contribution in [1.29, 1.82) is 0 Å². The first-order chi connectivity index (χ1) is 15.4. The molecule has 1 aliphatic rings. The Morgan fingerprint density at radius 1 is 1.12 bits per heavy atom. The molecule has 1 saturated heterocycles. The molecule has 11 heteroatoms. The number of halogens is 1. The smallest absolute Gasteiger partial charge is 0.243 e. The maximum atomic E-state index is 13.0. The minimum absolute atomic E-state index is 0.0233. The molecule has 1 aromatic heterocycles. The quantitative estimate of drug-likeness (QED) is 0.356. The van der Waals surface area contributed by atoms with Crippen molar-refractivity contribution >= 4 is 44.0 Å². The molecule has 32 heavy (non-hydrogen) atoms. The van der Waals surface area contributed by atoms with Gasteiger partial charge in [-0.05, 0) is 42.7 Å². The molecule has 0 unspecified atom stereocenters. The first-order valence-electron chi connectivity index (χ1n) is 10.00. The Labute approximate surface area is 194 Å². The lowest BCUT2D eigenvalue weighted by atomic mass is 10.1. The predicted molar refractivity (Wildman–Crippen MR) is 123 cm³/mol. The van der Waals surface area contributed by atoms with Crippen LogP contribution in [0.1, 0.15) is 28.8 Å². The third-order valence-corrected chi connectivity index (χ3v) is 8.92. The number of Topliss-reactive ketones (excluding diaryl/α,β-unsaturated/α-hetero) is 1. The molecule has 4 rings (SSSR count). The Hall–Kier alpha value is -2.34. The molecule has 1 aliphatic heterocycles. The van der Waals surface area contributed by atoms with Gasteiger partial charge < -0.3 is 5.32 Å². The van der Waals surface area contributed by atoms with Crippen LogP contribution >= 0.6 is 23.1 Å². The number of aromatic nitrogens is 2. The van der Waals surface area contributed by atoms with Crippen LogP contribution in [0.3, 0.4) is 0 Å². The summed E-state index contributed by atoms with van der Waals surface area (Å²) in [6.07, 6.45) is 1.71. The molecule has 1 fully saturated rings. The van der Waals surface area contributed by atoms with E-state index in [4.69, 9.17) is 0 Å². The zero-order chi connectivity index (χ0) is 22.6. The largest absolute Gasteiger partial charge is 0.353 e. The van der Waals surface area contributed by atoms with Crippen molar-refractivity contribution in [1.82, 2.24) is 14.5 Å². The lowest BCUT2D eigenvalue weighted by Gasteiger charge is -2.15. The van der Waals surface area contributed by atoms with Crippen LogP contribution in [0, 0.1) is 5.82 Å². The second-order valence-corrected chi connectivity index (χ2v) is 11.3. The van der Waals surface area contributed by atoms with E-state index in [0.717, 1.165) is 22.7 Å². The van der Waals surface area contributed by atoms with E-state index in [2.05, 4.69) is 15.5 Å². The summed E-state index contributed by atoms with van der Waals surface area (Å²) in [5.41, 5.74) is 1.30. The summed E-state index contributed by atoms with van der Waals surface area (Å²) < 4.78 is 40.6. The van der Waals surface area contributed by atoms with Gasteiger partial charge in [0.25, 0.3) is 0 Å². The van der Waals surface area contributed by atoms with Crippen LogP contribution in [0.4, 0.5) is 9.52 Å². The number of hydrogen-bond acceptors (Lipinski definition) is 8. The van der Waals surface area contributed by atoms with Gasteiger partial charge in [0.05, 0.1) is 11.4 Å². The zero-order valence-corrected chi connectivity index (χ0v) is 19.5. The summed E-state index contributed by atoms with van der Waals surface area (Å²) in [7, 11) is -3.57. The lowest BCUT2D eigenvalue weighted by molar-refractivity contribution is 0.101. The van der Waals surface area contributed by atoms with Gasteiger partial charge in [-0.15, -0.1) is 10.2 Å². The van der Waals surface area contributed by atoms with E-state index in [1.807, 2.05) is 0 Å². The van der Waals surface area contributed by atoms with Gasteiger partial charge in [-0.25, -0.2) is 12.8 Å². The van der Waals surface area contributed by atoms with Gasteiger partial charge in [0, 0.05) is 24.4 Å². The highest BCUT2D eigenvalue weighted by molar-refractivity contribution is 8.00. The Morgan fingerprint density at radius 3 is 2.62 bits per heavy atom. The molecular formula is C21H21FN4O3S3. The number of nitrogens with zero attached hydrogens (tertiary/aromatic N) is 3. The number of carbonyl (C=O) groups is 1. The van der Waals surface area contributed by atoms with Crippen LogP contribution in [-0.2, 0) is 15.8 Å². The molecule has 0 aliphatic carbocycles. The van der Waals surface area contributed by atoms with E-state index < -0.39 is 10.0 Å². The first kappa shape index (κ1) is 22.8. The number of rotatable bonds is 9. The molecule has 0 atom stereocenters. The second-order valence-electron chi connectivity index (χ2n) is 7.20. The van der Waals surface area contributed by atoms with Crippen molar-refractivity contribution in [3.05, 3.63) is 65.5 Å². The van der Waals surface area contributed by atoms with Crippen LogP contribution in [0.2, 0.25) is 0 Å². The number of nitrogens with one attached hydrogen (secondary N) is 1. The number of ketones is 1. The van der Waals surface area contributed by atoms with Crippen molar-refractivity contribution in [3.63, 3.8) is 0 Å². The van der Waals surface area contributed by atoms with E-state index >= 15 is 0 Å². The molecular weight excluding hydrogens is 471 g/mol. The predicted octanol–water partition coefficient (Wildman–Crippen LogP) is 4.05. The zero-order valence-electron chi connectivity index (χ0n) is 17.0. The average molecular weight is 493 g/mol. The number of anilines is 1. The normalized spacial score (nSPS) is 14.5. The highest BCUT2D eigenvalue weighted by Gasteiger charge is 2.27. The number of thioether (sulfide) groups is 1. The third-order valence-electron chi connectivity index (χ3n) is 4.94. The Kier molecular flexibility index (Phi) is 7.19. The van der Waals surface area contributed by atoms with Gasteiger partial charge in [0.2, 0.25) is 15.2 Å². The maximum Gasteiger partial charge on any atom is 0.243 e. The molecule has 7 nitrogen and oxygen atoms in total. The van der Waals surface area contributed by atoms with Crippen LogP contribution in [0.25, 0.3) is 0 Å². The maximum absolute atomic E-state index is 13.0. The minimum atomic E-state index is -3.57. The Bertz CT molecular complexity index is 1190. The monoisotopic (exact) mass is 492 g/mol. The average Bonchev–Trinajstić information content (AvgIpc) is 3.50. The summed E-state index contributed by atoms with van der Waals surface area (Å²) in [6.45, 7) is 1.01. The van der Waals surface area contributed by atoms with Gasteiger partial charge >= 0.3 is 0 Å². The highest BCUT2D eigenvalue weighted by atomic mass is 32.2. The van der Waals surface area contributed by atoms with E-state index in [-0.39, 0.29) is 23.0 Å². The number of sulfonamides is 1. The molecule has 0 amide bonds. The van der Waals surface area contributed by atoms with E-state index in [0.29, 0.717) is 29.5 Å². The number of benzene rings is 2. The van der Waals surface area contributed by atoms with Gasteiger partial charge in [-0.3, -0.25) is 4.79 Å². The molecule has 0 bridgehead atoms. The van der Waals surface area contributed by atoms with E-state index in [1.54, 1.807) is 24.3 Å². The minimum Gasteiger partial charge on any atom is -0.353 e. The Morgan fingerprint density at radius 2 is 1.88 bits per heavy atom. The highest BCUT2D eigenvalue weighted by Crippen LogP contribution is 2.28. The first-order valence-corrected chi connectivity index (χ1v) is 13.2. The Balaban J connectivity index is 1.33. The molecule has 0 spiro atoms. The molecule has 0 radical (unpaired) electrons. The van der Waals surface area contributed by atoms with Crippen molar-refractivity contribution in [2.45, 2.75) is 27.8 Å². The van der Waals surface area contributed by atoms with Crippen molar-refractivity contribution in [3.8, 4) is 0 Å². The number of hydrogen-bond donors (Lipinski definition) is 1. The van der Waals surface area contributed by atoms with Crippen molar-refractivity contribution < 1.29 is 17.6 Å². The topological polar surface area (TPSA) is 92.3 Å². The fourth-order valence-electron chi connectivity index (χ4n) is 3.23. The fourth-order valence-corrected chi connectivity index (χ4v) is 6.50. The van der Waals surface area contributed by atoms with Crippen molar-refractivity contribution in [2.24, 2.45) is 0 Å². The van der Waals surface area contributed by atoms with E-state index in [9.17, 15) is 17.6 Å². The summed E-state index contributed by atoms with van der Waals surface area (Å²) >= 11 is 2.79. The molecule has 1 N–H and O–H groups in total. The summed E-state index contributed by atoms with van der Waals surface area (Å²) in [4.78, 5) is 12.8. The summed E-state index contributed by atoms with van der Waals surface area (Å²) in [5.74, 6) is 0.121. The van der Waals surface area contributed by atoms with Crippen LogP contribution in [-0.4, -0.2) is 48.3 Å². The molecule has 2 heterocycles. The fraction of sp³-hybridized carbons (Fsp3) is 0.286. The van der Waals surface area contributed by atoms with Crippen LogP contribution in [0.5, 0.6) is 0 Å². The van der Waals surface area contributed by atoms with Gasteiger partial charge in [0.15, 0.2) is 10.1 Å². The lowest BCUT2D eigenvalue weighted by Crippen LogP contribution is -2.28. The van der Waals surface area contributed by atoms with Crippen LogP contribution < -0.4 is 5.32 Å². The number of carbonyl (C=O) groups excluding carboxylic acids is 1. The molecule has 2 aromatic carbocycles. The van der Waals surface area contributed by atoms with Gasteiger partial charge in [-0.2, -0.15) is 4.31 Å². The van der Waals surface area contributed by atoms with Gasteiger partial charge in [0.1, 0.15) is 5.82 Å². The van der Waals surface area contributed by atoms with E-state index in [1.165, 1.54) is 51.7 Å². The third kappa shape index (κ3) is 5.52. The molecule has 168 valence electrons. The van der Waals surface area contributed by atoms with Crippen LogP contribution in [0.15, 0.2) is 57.8 Å². The summed E-state index contributed by atoms with van der Waals surface area (Å²) in [6, 6.07) is 12.4. The molecule has 3 aromatic rings. The second kappa shape index (κ2) is 10.1. The molecule has 0 saturated carbocycles. The van der Waals surface area contributed by atoms with Crippen molar-refractivity contribution in [2.75, 3.05) is 25.0 Å². The summed E-state index contributed by atoms with van der Waals surface area (Å²) in [5, 5.41) is 11.6. The SMILES string of the molecule is O=C(CNc1nnc(SCc2ccc(F)cc2)s1)c1cccc(S(=O)(=O)N2CCCC2)c1.